The number of imide groups is 1. The first-order valence-corrected chi connectivity index (χ1v) is 8.31. The molecule has 9 heteroatoms. The monoisotopic (exact) mass is 380 g/mol. The van der Waals surface area contributed by atoms with Crippen molar-refractivity contribution in [2.75, 3.05) is 4.90 Å². The smallest absolute Gasteiger partial charge is 0.390 e. The van der Waals surface area contributed by atoms with Crippen LogP contribution in [0.3, 0.4) is 0 Å². The Morgan fingerprint density at radius 1 is 1.26 bits per heavy atom. The van der Waals surface area contributed by atoms with Crippen LogP contribution in [0.1, 0.15) is 31.4 Å². The van der Waals surface area contributed by atoms with Crippen LogP contribution in [0.4, 0.5) is 18.9 Å². The molecule has 2 amide bonds. The lowest BCUT2D eigenvalue weighted by Crippen LogP contribution is -2.49. The number of ether oxygens (including phenoxy) is 1. The van der Waals surface area contributed by atoms with Gasteiger partial charge in [-0.05, 0) is 32.0 Å². The van der Waals surface area contributed by atoms with Crippen LogP contribution in [0.25, 0.3) is 0 Å². The van der Waals surface area contributed by atoms with Crippen molar-refractivity contribution in [3.63, 3.8) is 0 Å². The summed E-state index contributed by atoms with van der Waals surface area (Å²) in [6.07, 6.45) is -5.59. The van der Waals surface area contributed by atoms with Gasteiger partial charge in [0.2, 0.25) is 11.8 Å². The molecule has 3 fully saturated rings. The third-order valence-electron chi connectivity index (χ3n) is 5.98. The van der Waals surface area contributed by atoms with Crippen LogP contribution in [-0.2, 0) is 20.5 Å². The number of hydrogen-bond acceptors (Lipinski definition) is 5. The average molecular weight is 380 g/mol. The quantitative estimate of drug-likeness (QED) is 0.753. The van der Waals surface area contributed by atoms with E-state index in [0.29, 0.717) is 6.07 Å². The molecule has 0 saturated carbocycles. The van der Waals surface area contributed by atoms with Gasteiger partial charge in [-0.25, -0.2) is 4.90 Å². The number of aliphatic hydroxyl groups is 1. The number of carbonyl (C=O) groups is 2. The van der Waals surface area contributed by atoms with Gasteiger partial charge in [-0.2, -0.15) is 18.4 Å². The van der Waals surface area contributed by atoms with Gasteiger partial charge in [0, 0.05) is 6.42 Å². The fourth-order valence-corrected chi connectivity index (χ4v) is 4.78. The van der Waals surface area contributed by atoms with E-state index in [4.69, 9.17) is 10.00 Å². The molecule has 0 spiro atoms. The summed E-state index contributed by atoms with van der Waals surface area (Å²) < 4.78 is 45.6. The lowest BCUT2D eigenvalue weighted by molar-refractivity contribution is -0.138. The number of nitriles is 1. The van der Waals surface area contributed by atoms with Gasteiger partial charge in [-0.3, -0.25) is 9.59 Å². The molecule has 142 valence electrons. The summed E-state index contributed by atoms with van der Waals surface area (Å²) >= 11 is 0. The summed E-state index contributed by atoms with van der Waals surface area (Å²) in [5, 5.41) is 19.2. The number of nitrogens with zero attached hydrogens (tertiary/aromatic N) is 2. The predicted octanol–water partition coefficient (Wildman–Crippen LogP) is 1.99. The Labute approximate surface area is 152 Å². The number of fused-ring (bicyclic) bond motifs is 5. The van der Waals surface area contributed by atoms with Crippen molar-refractivity contribution >= 4 is 17.5 Å². The summed E-state index contributed by atoms with van der Waals surface area (Å²) in [6.45, 7) is 3.17. The van der Waals surface area contributed by atoms with Gasteiger partial charge in [0.15, 0.2) is 0 Å². The number of amides is 2. The largest absolute Gasteiger partial charge is 0.417 e. The number of carbonyl (C=O) groups excluding carboxylic acids is 2. The molecule has 3 heterocycles. The van der Waals surface area contributed by atoms with Crippen LogP contribution < -0.4 is 4.90 Å². The van der Waals surface area contributed by atoms with E-state index in [0.717, 1.165) is 17.0 Å². The zero-order chi connectivity index (χ0) is 19.9. The zero-order valence-corrected chi connectivity index (χ0v) is 14.4. The molecule has 1 aromatic rings. The molecule has 5 unspecified atom stereocenters. The number of alkyl halides is 3. The fraction of sp³-hybridized carbons (Fsp3) is 0.500. The van der Waals surface area contributed by atoms with Gasteiger partial charge in [0.25, 0.3) is 0 Å². The highest BCUT2D eigenvalue weighted by molar-refractivity contribution is 6.23. The molecule has 3 aliphatic rings. The highest BCUT2D eigenvalue weighted by Gasteiger charge is 2.75. The van der Waals surface area contributed by atoms with Crippen LogP contribution >= 0.6 is 0 Å². The van der Waals surface area contributed by atoms with E-state index in [1.807, 2.05) is 0 Å². The molecule has 5 atom stereocenters. The number of anilines is 1. The summed E-state index contributed by atoms with van der Waals surface area (Å²) in [7, 11) is 0. The van der Waals surface area contributed by atoms with Crippen LogP contribution in [-0.4, -0.2) is 34.2 Å². The Hall–Kier alpha value is -2.44. The Kier molecular flexibility index (Phi) is 3.38. The van der Waals surface area contributed by atoms with Crippen molar-refractivity contribution in [3.8, 4) is 6.07 Å². The molecule has 1 N–H and O–H groups in total. The number of benzene rings is 1. The maximum atomic E-state index is 13.2. The van der Waals surface area contributed by atoms with E-state index in [1.165, 1.54) is 6.07 Å². The molecule has 0 aromatic heterocycles. The molecule has 3 saturated heterocycles. The summed E-state index contributed by atoms with van der Waals surface area (Å²) in [5.41, 5.74) is -4.37. The summed E-state index contributed by atoms with van der Waals surface area (Å²) in [4.78, 5) is 26.6. The van der Waals surface area contributed by atoms with E-state index < -0.39 is 58.3 Å². The van der Waals surface area contributed by atoms with Gasteiger partial charge in [0.05, 0.1) is 46.4 Å². The number of aliphatic hydroxyl groups excluding tert-OH is 1. The maximum absolute atomic E-state index is 13.2. The van der Waals surface area contributed by atoms with Crippen molar-refractivity contribution in [3.05, 3.63) is 29.3 Å². The van der Waals surface area contributed by atoms with E-state index in [-0.39, 0.29) is 12.1 Å². The van der Waals surface area contributed by atoms with E-state index >= 15 is 0 Å². The minimum atomic E-state index is -4.81. The normalized spacial score (nSPS) is 37.7. The predicted molar refractivity (Wildman–Crippen MR) is 84.2 cm³/mol. The highest BCUT2D eigenvalue weighted by Crippen LogP contribution is 2.61. The van der Waals surface area contributed by atoms with Crippen LogP contribution in [0.2, 0.25) is 0 Å². The van der Waals surface area contributed by atoms with Crippen LogP contribution in [0.15, 0.2) is 18.2 Å². The number of rotatable bonds is 1. The molecular formula is C18H15F3N2O4. The second-order valence-electron chi connectivity index (χ2n) is 7.63. The van der Waals surface area contributed by atoms with Crippen molar-refractivity contribution in [1.29, 1.82) is 5.26 Å². The van der Waals surface area contributed by atoms with Crippen molar-refractivity contribution in [2.24, 2.45) is 11.8 Å². The molecule has 2 bridgehead atoms. The molecular weight excluding hydrogens is 365 g/mol. The zero-order valence-electron chi connectivity index (χ0n) is 14.4. The fourth-order valence-electron chi connectivity index (χ4n) is 4.78. The van der Waals surface area contributed by atoms with Gasteiger partial charge >= 0.3 is 6.18 Å². The molecule has 1 aromatic carbocycles. The van der Waals surface area contributed by atoms with Crippen molar-refractivity contribution < 1.29 is 32.6 Å². The lowest BCUT2D eigenvalue weighted by atomic mass is 9.67. The molecule has 3 aliphatic heterocycles. The van der Waals surface area contributed by atoms with Gasteiger partial charge in [-0.15, -0.1) is 0 Å². The third-order valence-corrected chi connectivity index (χ3v) is 5.98. The third kappa shape index (κ3) is 2.14. The highest BCUT2D eigenvalue weighted by atomic mass is 19.4. The van der Waals surface area contributed by atoms with E-state index in [2.05, 4.69) is 0 Å². The Bertz CT molecular complexity index is 924. The molecule has 0 radical (unpaired) electrons. The van der Waals surface area contributed by atoms with E-state index in [9.17, 15) is 27.9 Å². The second-order valence-corrected chi connectivity index (χ2v) is 7.63. The molecule has 0 aliphatic carbocycles. The number of halogens is 3. The Balaban J connectivity index is 1.81. The van der Waals surface area contributed by atoms with Gasteiger partial charge in [-0.1, -0.05) is 0 Å². The minimum Gasteiger partial charge on any atom is -0.390 e. The van der Waals surface area contributed by atoms with Gasteiger partial charge < -0.3 is 9.84 Å². The number of hydrogen-bond donors (Lipinski definition) is 1. The van der Waals surface area contributed by atoms with Crippen molar-refractivity contribution in [2.45, 2.75) is 43.8 Å². The Morgan fingerprint density at radius 3 is 2.48 bits per heavy atom. The van der Waals surface area contributed by atoms with Crippen LogP contribution in [0.5, 0.6) is 0 Å². The minimum absolute atomic E-state index is 0.165. The topological polar surface area (TPSA) is 90.6 Å². The summed E-state index contributed by atoms with van der Waals surface area (Å²) in [6, 6.07) is 4.19. The standard InChI is InChI=1S/C18H15F3N2O4/c1-16-6-11(24)17(2,27-16)13-12(16)14(25)23(15(13)26)9-4-3-8(7-22)10(5-9)18(19,20)21/h3-5,11-13,24H,6H2,1-2H3. The van der Waals surface area contributed by atoms with Crippen LogP contribution in [0, 0.1) is 23.2 Å². The lowest BCUT2D eigenvalue weighted by Gasteiger charge is -2.31. The molecule has 6 nitrogen and oxygen atoms in total. The first kappa shape index (κ1) is 17.9. The Morgan fingerprint density at radius 2 is 1.89 bits per heavy atom. The summed E-state index contributed by atoms with van der Waals surface area (Å²) in [5.74, 6) is -3.19. The average Bonchev–Trinajstić information content (AvgIpc) is 3.07. The first-order chi connectivity index (χ1) is 12.4. The SMILES string of the molecule is CC12CC(O)C(C)(O1)C1C(=O)N(c3ccc(C#N)c(C(F)(F)F)c3)C(=O)C12. The second kappa shape index (κ2) is 5.09. The maximum Gasteiger partial charge on any atom is 0.417 e. The van der Waals surface area contributed by atoms with E-state index in [1.54, 1.807) is 13.8 Å². The van der Waals surface area contributed by atoms with Gasteiger partial charge in [0.1, 0.15) is 5.60 Å². The molecule has 4 rings (SSSR count). The molecule has 27 heavy (non-hydrogen) atoms. The first-order valence-electron chi connectivity index (χ1n) is 8.31. The van der Waals surface area contributed by atoms with Crippen molar-refractivity contribution in [1.82, 2.24) is 0 Å².